The fourth-order valence-electron chi connectivity index (χ4n) is 1.38. The van der Waals surface area contributed by atoms with Crippen molar-refractivity contribution < 1.29 is 9.53 Å². The second kappa shape index (κ2) is 6.51. The molecule has 0 bridgehead atoms. The highest BCUT2D eigenvalue weighted by Crippen LogP contribution is 2.21. The molecule has 0 saturated heterocycles. The van der Waals surface area contributed by atoms with Gasteiger partial charge in [0.1, 0.15) is 6.61 Å². The van der Waals surface area contributed by atoms with Gasteiger partial charge in [0.2, 0.25) is 5.91 Å². The molecule has 0 aromatic heterocycles. The fourth-order valence-corrected chi connectivity index (χ4v) is 1.68. The molecule has 16 heavy (non-hydrogen) atoms. The van der Waals surface area contributed by atoms with E-state index in [0.717, 1.165) is 5.56 Å². The first-order valence-corrected chi connectivity index (χ1v) is 5.64. The van der Waals surface area contributed by atoms with Crippen LogP contribution in [0.2, 0.25) is 5.02 Å². The Balaban J connectivity index is 2.55. The van der Waals surface area contributed by atoms with Crippen LogP contribution in [0, 0.1) is 0 Å². The molecular formula is C12H16ClNO2. The standard InChI is InChI=1S/C12H16ClNO2/c1-3-16-8-12(15)14-9(2)10-6-4-5-7-11(10)13/h4-7,9H,3,8H2,1-2H3,(H,14,15)/t9-/m0/s1. The Kier molecular flexibility index (Phi) is 5.29. The van der Waals surface area contributed by atoms with Gasteiger partial charge in [-0.1, -0.05) is 29.8 Å². The summed E-state index contributed by atoms with van der Waals surface area (Å²) >= 11 is 6.02. The van der Waals surface area contributed by atoms with Gasteiger partial charge < -0.3 is 10.1 Å². The highest BCUT2D eigenvalue weighted by Gasteiger charge is 2.11. The summed E-state index contributed by atoms with van der Waals surface area (Å²) in [6, 6.07) is 7.35. The van der Waals surface area contributed by atoms with Gasteiger partial charge in [-0.15, -0.1) is 0 Å². The monoisotopic (exact) mass is 241 g/mol. The molecule has 0 aliphatic rings. The van der Waals surface area contributed by atoms with Gasteiger partial charge in [0, 0.05) is 11.6 Å². The Hall–Kier alpha value is -1.06. The van der Waals surface area contributed by atoms with Crippen LogP contribution in [0.25, 0.3) is 0 Å². The Bertz CT molecular complexity index is 355. The van der Waals surface area contributed by atoms with Crippen LogP contribution < -0.4 is 5.32 Å². The van der Waals surface area contributed by atoms with Crippen LogP contribution in [0.1, 0.15) is 25.5 Å². The number of carbonyl (C=O) groups excluding carboxylic acids is 1. The van der Waals surface area contributed by atoms with E-state index in [1.54, 1.807) is 0 Å². The number of benzene rings is 1. The molecular weight excluding hydrogens is 226 g/mol. The molecule has 3 nitrogen and oxygen atoms in total. The lowest BCUT2D eigenvalue weighted by atomic mass is 10.1. The zero-order chi connectivity index (χ0) is 12.0. The van der Waals surface area contributed by atoms with Crippen molar-refractivity contribution in [3.8, 4) is 0 Å². The maximum absolute atomic E-state index is 11.4. The summed E-state index contributed by atoms with van der Waals surface area (Å²) in [7, 11) is 0. The van der Waals surface area contributed by atoms with Gasteiger partial charge in [-0.2, -0.15) is 0 Å². The molecule has 0 spiro atoms. The van der Waals surface area contributed by atoms with Gasteiger partial charge in [-0.3, -0.25) is 4.79 Å². The number of rotatable bonds is 5. The van der Waals surface area contributed by atoms with Crippen LogP contribution in [0.4, 0.5) is 0 Å². The van der Waals surface area contributed by atoms with E-state index in [4.69, 9.17) is 16.3 Å². The summed E-state index contributed by atoms with van der Waals surface area (Å²) in [5.74, 6) is -0.130. The Morgan fingerprint density at radius 2 is 2.19 bits per heavy atom. The van der Waals surface area contributed by atoms with Crippen molar-refractivity contribution in [1.29, 1.82) is 0 Å². The summed E-state index contributed by atoms with van der Waals surface area (Å²) in [6.07, 6.45) is 0. The molecule has 0 radical (unpaired) electrons. The third-order valence-electron chi connectivity index (χ3n) is 2.19. The van der Waals surface area contributed by atoms with E-state index in [-0.39, 0.29) is 18.6 Å². The molecule has 88 valence electrons. The minimum Gasteiger partial charge on any atom is -0.372 e. The van der Waals surface area contributed by atoms with Crippen LogP contribution in [-0.2, 0) is 9.53 Å². The minimum absolute atomic E-state index is 0.0886. The third kappa shape index (κ3) is 3.83. The van der Waals surface area contributed by atoms with Crippen LogP contribution >= 0.6 is 11.6 Å². The quantitative estimate of drug-likeness (QED) is 0.861. The first-order chi connectivity index (χ1) is 7.65. The van der Waals surface area contributed by atoms with Gasteiger partial charge in [0.25, 0.3) is 0 Å². The molecule has 4 heteroatoms. The molecule has 0 fully saturated rings. The van der Waals surface area contributed by atoms with E-state index in [1.807, 2.05) is 38.1 Å². The Morgan fingerprint density at radius 3 is 2.81 bits per heavy atom. The molecule has 1 aromatic rings. The largest absolute Gasteiger partial charge is 0.372 e. The first-order valence-electron chi connectivity index (χ1n) is 5.26. The summed E-state index contributed by atoms with van der Waals surface area (Å²) < 4.78 is 5.02. The van der Waals surface area contributed by atoms with E-state index in [0.29, 0.717) is 11.6 Å². The molecule has 1 N–H and O–H groups in total. The first kappa shape index (κ1) is 13.0. The van der Waals surface area contributed by atoms with E-state index < -0.39 is 0 Å². The molecule has 1 amide bonds. The highest BCUT2D eigenvalue weighted by molar-refractivity contribution is 6.31. The molecule has 0 saturated carbocycles. The van der Waals surface area contributed by atoms with Crippen molar-refractivity contribution in [1.82, 2.24) is 5.32 Å². The molecule has 1 rings (SSSR count). The Labute approximate surface area is 101 Å². The minimum atomic E-state index is -0.130. The third-order valence-corrected chi connectivity index (χ3v) is 2.53. The number of carbonyl (C=O) groups is 1. The Morgan fingerprint density at radius 1 is 1.50 bits per heavy atom. The van der Waals surface area contributed by atoms with Crippen LogP contribution in [-0.4, -0.2) is 19.1 Å². The SMILES string of the molecule is CCOCC(=O)N[C@@H](C)c1ccccc1Cl. The number of amides is 1. The number of halogens is 1. The van der Waals surface area contributed by atoms with E-state index in [9.17, 15) is 4.79 Å². The van der Waals surface area contributed by atoms with Crippen molar-refractivity contribution in [2.45, 2.75) is 19.9 Å². The predicted molar refractivity (Wildman–Crippen MR) is 64.5 cm³/mol. The maximum Gasteiger partial charge on any atom is 0.246 e. The van der Waals surface area contributed by atoms with Gasteiger partial charge in [-0.05, 0) is 25.5 Å². The molecule has 1 aromatic carbocycles. The lowest BCUT2D eigenvalue weighted by Gasteiger charge is -2.15. The smallest absolute Gasteiger partial charge is 0.246 e. The second-order valence-corrected chi connectivity index (χ2v) is 3.86. The normalized spacial score (nSPS) is 12.2. The molecule has 0 unspecified atom stereocenters. The molecule has 0 heterocycles. The summed E-state index contributed by atoms with van der Waals surface area (Å²) in [4.78, 5) is 11.4. The summed E-state index contributed by atoms with van der Waals surface area (Å²) in [5.41, 5.74) is 0.911. The van der Waals surface area contributed by atoms with E-state index in [1.165, 1.54) is 0 Å². The fraction of sp³-hybridized carbons (Fsp3) is 0.417. The average molecular weight is 242 g/mol. The lowest BCUT2D eigenvalue weighted by Crippen LogP contribution is -2.30. The van der Waals surface area contributed by atoms with Crippen LogP contribution in [0.5, 0.6) is 0 Å². The number of ether oxygens (including phenoxy) is 1. The lowest BCUT2D eigenvalue weighted by molar-refractivity contribution is -0.126. The molecule has 0 aliphatic carbocycles. The number of hydrogen-bond acceptors (Lipinski definition) is 2. The second-order valence-electron chi connectivity index (χ2n) is 3.45. The summed E-state index contributed by atoms with van der Waals surface area (Å²) in [5, 5.41) is 3.48. The topological polar surface area (TPSA) is 38.3 Å². The maximum atomic E-state index is 11.4. The zero-order valence-electron chi connectivity index (χ0n) is 9.50. The molecule has 0 aliphatic heterocycles. The molecule has 1 atom stereocenters. The van der Waals surface area contributed by atoms with Gasteiger partial charge in [-0.25, -0.2) is 0 Å². The van der Waals surface area contributed by atoms with Crippen molar-refractivity contribution in [3.63, 3.8) is 0 Å². The number of nitrogens with one attached hydrogen (secondary N) is 1. The number of hydrogen-bond donors (Lipinski definition) is 1. The van der Waals surface area contributed by atoms with Crippen molar-refractivity contribution in [3.05, 3.63) is 34.9 Å². The zero-order valence-corrected chi connectivity index (χ0v) is 10.3. The van der Waals surface area contributed by atoms with Gasteiger partial charge in [0.05, 0.1) is 6.04 Å². The van der Waals surface area contributed by atoms with Gasteiger partial charge in [0.15, 0.2) is 0 Å². The average Bonchev–Trinajstić information content (AvgIpc) is 2.26. The van der Waals surface area contributed by atoms with Crippen molar-refractivity contribution in [2.24, 2.45) is 0 Å². The van der Waals surface area contributed by atoms with Crippen LogP contribution in [0.15, 0.2) is 24.3 Å². The van der Waals surface area contributed by atoms with Crippen molar-refractivity contribution >= 4 is 17.5 Å². The van der Waals surface area contributed by atoms with Crippen LogP contribution in [0.3, 0.4) is 0 Å². The predicted octanol–water partition coefficient (Wildman–Crippen LogP) is 2.55. The van der Waals surface area contributed by atoms with E-state index >= 15 is 0 Å². The highest BCUT2D eigenvalue weighted by atomic mass is 35.5. The van der Waals surface area contributed by atoms with Crippen molar-refractivity contribution in [2.75, 3.05) is 13.2 Å². The summed E-state index contributed by atoms with van der Waals surface area (Å²) in [6.45, 7) is 4.37. The van der Waals surface area contributed by atoms with Gasteiger partial charge >= 0.3 is 0 Å². The van der Waals surface area contributed by atoms with E-state index in [2.05, 4.69) is 5.32 Å².